The van der Waals surface area contributed by atoms with E-state index in [1.54, 1.807) is 25.5 Å². The Morgan fingerprint density at radius 2 is 1.97 bits per heavy atom. The molecule has 1 heterocycles. The van der Waals surface area contributed by atoms with Gasteiger partial charge < -0.3 is 20.5 Å². The molecule has 0 aliphatic heterocycles. The molecule has 0 radical (unpaired) electrons. The van der Waals surface area contributed by atoms with Crippen LogP contribution >= 0.6 is 35.3 Å². The predicted octanol–water partition coefficient (Wildman–Crippen LogP) is 4.36. The molecule has 3 N–H and O–H groups in total. The van der Waals surface area contributed by atoms with E-state index in [2.05, 4.69) is 46.0 Å². The number of methoxy groups -OCH3 is 1. The van der Waals surface area contributed by atoms with E-state index in [1.165, 1.54) is 15.6 Å². The number of hydrogen-bond acceptors (Lipinski definition) is 4. The van der Waals surface area contributed by atoms with Gasteiger partial charge in [-0.3, -0.25) is 4.99 Å². The topological polar surface area (TPSA) is 65.9 Å². The molecule has 0 saturated heterocycles. The fourth-order valence-corrected chi connectivity index (χ4v) is 4.06. The van der Waals surface area contributed by atoms with Gasteiger partial charge in [0.2, 0.25) is 0 Å². The highest BCUT2D eigenvalue weighted by molar-refractivity contribution is 14.0. The summed E-state index contributed by atoms with van der Waals surface area (Å²) in [6, 6.07) is 18.4. The molecule has 156 valence electrons. The first-order valence-corrected chi connectivity index (χ1v) is 10.2. The van der Waals surface area contributed by atoms with Crippen LogP contribution in [0.3, 0.4) is 0 Å². The van der Waals surface area contributed by atoms with Gasteiger partial charge >= 0.3 is 0 Å². The van der Waals surface area contributed by atoms with Gasteiger partial charge in [0.25, 0.3) is 0 Å². The fraction of sp³-hybridized carbons (Fsp3) is 0.318. The first-order valence-electron chi connectivity index (χ1n) is 9.43. The third kappa shape index (κ3) is 6.87. The van der Waals surface area contributed by atoms with E-state index in [-0.39, 0.29) is 24.0 Å². The zero-order valence-electron chi connectivity index (χ0n) is 16.7. The van der Waals surface area contributed by atoms with Crippen LogP contribution in [-0.2, 0) is 6.42 Å². The van der Waals surface area contributed by atoms with Crippen LogP contribution in [0.4, 0.5) is 0 Å². The van der Waals surface area contributed by atoms with Gasteiger partial charge in [-0.2, -0.15) is 0 Å². The molecule has 0 bridgehead atoms. The number of aryl methyl sites for hydroxylation is 1. The van der Waals surface area contributed by atoms with Crippen molar-refractivity contribution >= 4 is 51.4 Å². The Hall–Kier alpha value is -1.84. The number of nitrogens with one attached hydrogen (secondary N) is 2. The minimum Gasteiger partial charge on any atom is -0.497 e. The number of aliphatic hydroxyl groups excluding tert-OH is 1. The molecule has 3 aromatic rings. The number of halogens is 1. The van der Waals surface area contributed by atoms with Gasteiger partial charge in [-0.15, -0.1) is 35.3 Å². The number of thiophene rings is 1. The number of rotatable bonds is 8. The van der Waals surface area contributed by atoms with E-state index in [9.17, 15) is 5.11 Å². The van der Waals surface area contributed by atoms with E-state index in [4.69, 9.17) is 4.74 Å². The zero-order valence-corrected chi connectivity index (χ0v) is 19.9. The molecule has 0 aliphatic rings. The molecule has 1 atom stereocenters. The maximum Gasteiger partial charge on any atom is 0.191 e. The Kier molecular flexibility index (Phi) is 9.69. The molecule has 2 aromatic carbocycles. The van der Waals surface area contributed by atoms with Gasteiger partial charge in [0, 0.05) is 29.7 Å². The van der Waals surface area contributed by atoms with Crippen molar-refractivity contribution in [3.8, 4) is 5.75 Å². The van der Waals surface area contributed by atoms with Gasteiger partial charge in [-0.1, -0.05) is 30.3 Å². The van der Waals surface area contributed by atoms with E-state index in [1.807, 2.05) is 24.3 Å². The van der Waals surface area contributed by atoms with E-state index >= 15 is 0 Å². The van der Waals surface area contributed by atoms with Crippen molar-refractivity contribution in [1.29, 1.82) is 0 Å². The maximum absolute atomic E-state index is 10.5. The fourth-order valence-electron chi connectivity index (χ4n) is 3.01. The molecule has 0 aliphatic carbocycles. The molecular formula is C22H28IN3O2S. The second-order valence-electron chi connectivity index (χ2n) is 6.54. The second kappa shape index (κ2) is 12.0. The third-order valence-corrected chi connectivity index (χ3v) is 5.75. The number of aliphatic imine (C=N–C) groups is 1. The summed E-state index contributed by atoms with van der Waals surface area (Å²) in [4.78, 5) is 5.20. The van der Waals surface area contributed by atoms with Crippen molar-refractivity contribution in [3.63, 3.8) is 0 Å². The monoisotopic (exact) mass is 525 g/mol. The van der Waals surface area contributed by atoms with Crippen LogP contribution < -0.4 is 15.4 Å². The number of aliphatic hydroxyl groups is 1. The van der Waals surface area contributed by atoms with Crippen LogP contribution in [0.1, 0.15) is 23.0 Å². The van der Waals surface area contributed by atoms with Crippen molar-refractivity contribution < 1.29 is 9.84 Å². The Balaban J connectivity index is 0.00000300. The van der Waals surface area contributed by atoms with Crippen molar-refractivity contribution in [2.24, 2.45) is 4.99 Å². The molecular weight excluding hydrogens is 497 g/mol. The van der Waals surface area contributed by atoms with E-state index in [0.717, 1.165) is 30.0 Å². The quantitative estimate of drug-likeness (QED) is 0.177. The number of hydrogen-bond donors (Lipinski definition) is 3. The van der Waals surface area contributed by atoms with E-state index in [0.29, 0.717) is 12.5 Å². The average molecular weight is 525 g/mol. The number of ether oxygens (including phenoxy) is 1. The smallest absolute Gasteiger partial charge is 0.191 e. The molecule has 7 heteroatoms. The Labute approximate surface area is 193 Å². The highest BCUT2D eigenvalue weighted by Crippen LogP contribution is 2.29. The van der Waals surface area contributed by atoms with Gasteiger partial charge in [0.05, 0.1) is 7.11 Å². The predicted molar refractivity (Wildman–Crippen MR) is 133 cm³/mol. The van der Waals surface area contributed by atoms with Gasteiger partial charge in [-0.05, 0) is 48.1 Å². The minimum absolute atomic E-state index is 0. The van der Waals surface area contributed by atoms with Crippen LogP contribution in [0.2, 0.25) is 0 Å². The number of guanidine groups is 1. The Morgan fingerprint density at radius 3 is 2.72 bits per heavy atom. The largest absolute Gasteiger partial charge is 0.497 e. The molecule has 29 heavy (non-hydrogen) atoms. The Bertz CT molecular complexity index is 896. The first kappa shape index (κ1) is 23.4. The van der Waals surface area contributed by atoms with Crippen LogP contribution in [0.5, 0.6) is 5.75 Å². The summed E-state index contributed by atoms with van der Waals surface area (Å²) < 4.78 is 6.45. The van der Waals surface area contributed by atoms with Crippen LogP contribution in [0, 0.1) is 0 Å². The molecule has 0 spiro atoms. The van der Waals surface area contributed by atoms with Crippen molar-refractivity contribution in [3.05, 3.63) is 65.0 Å². The Morgan fingerprint density at radius 1 is 1.14 bits per heavy atom. The summed E-state index contributed by atoms with van der Waals surface area (Å²) in [5.41, 5.74) is 1.25. The minimum atomic E-state index is -0.562. The lowest BCUT2D eigenvalue weighted by Crippen LogP contribution is -2.39. The molecule has 0 saturated carbocycles. The lowest BCUT2D eigenvalue weighted by molar-refractivity contribution is 0.184. The lowest BCUT2D eigenvalue weighted by Gasteiger charge is -2.14. The lowest BCUT2D eigenvalue weighted by atomic mass is 10.1. The summed E-state index contributed by atoms with van der Waals surface area (Å²) in [5, 5.41) is 18.2. The molecule has 3 rings (SSSR count). The van der Waals surface area contributed by atoms with Crippen molar-refractivity contribution in [2.45, 2.75) is 18.9 Å². The van der Waals surface area contributed by atoms with Crippen LogP contribution in [0.15, 0.2) is 59.6 Å². The molecule has 5 nitrogen and oxygen atoms in total. The van der Waals surface area contributed by atoms with E-state index < -0.39 is 6.10 Å². The summed E-state index contributed by atoms with van der Waals surface area (Å²) in [6.07, 6.45) is 1.38. The zero-order chi connectivity index (χ0) is 19.8. The summed E-state index contributed by atoms with van der Waals surface area (Å²) in [6.45, 7) is 1.22. The molecule has 1 unspecified atom stereocenters. The average Bonchev–Trinajstić information content (AvgIpc) is 3.17. The van der Waals surface area contributed by atoms with Crippen molar-refractivity contribution in [1.82, 2.24) is 10.6 Å². The highest BCUT2D eigenvalue weighted by Gasteiger charge is 2.12. The third-order valence-electron chi connectivity index (χ3n) is 4.53. The number of nitrogens with zero attached hydrogens (tertiary/aromatic N) is 1. The van der Waals surface area contributed by atoms with Gasteiger partial charge in [-0.25, -0.2) is 0 Å². The molecule has 1 aromatic heterocycles. The maximum atomic E-state index is 10.5. The van der Waals surface area contributed by atoms with Crippen molar-refractivity contribution in [2.75, 3.05) is 27.2 Å². The highest BCUT2D eigenvalue weighted by atomic mass is 127. The SMILES string of the molecule is CN=C(NCCCc1cccc(OC)c1)NCC(O)c1cc2ccccc2s1.I. The molecule has 0 fully saturated rings. The van der Waals surface area contributed by atoms with Crippen LogP contribution in [-0.4, -0.2) is 38.3 Å². The number of fused-ring (bicyclic) bond motifs is 1. The van der Waals surface area contributed by atoms with Gasteiger partial charge in [0.1, 0.15) is 11.9 Å². The first-order chi connectivity index (χ1) is 13.7. The standard InChI is InChI=1S/C22H27N3O2S.HI/c1-23-22(24-12-6-8-16-7-5-10-18(13-16)27-2)25-15-19(26)21-14-17-9-3-4-11-20(17)28-21;/h3-5,7,9-11,13-14,19,26H,6,8,12,15H2,1-2H3,(H2,23,24,25);1H. The normalized spacial score (nSPS) is 12.3. The van der Waals surface area contributed by atoms with Gasteiger partial charge in [0.15, 0.2) is 5.96 Å². The van der Waals surface area contributed by atoms with Crippen LogP contribution in [0.25, 0.3) is 10.1 Å². The number of benzene rings is 2. The summed E-state index contributed by atoms with van der Waals surface area (Å²) in [5.74, 6) is 1.59. The summed E-state index contributed by atoms with van der Waals surface area (Å²) in [7, 11) is 3.42. The molecule has 0 amide bonds. The second-order valence-corrected chi connectivity index (χ2v) is 7.65. The summed E-state index contributed by atoms with van der Waals surface area (Å²) >= 11 is 1.63.